The zero-order valence-corrected chi connectivity index (χ0v) is 3.65. The summed E-state index contributed by atoms with van der Waals surface area (Å²) < 4.78 is 0. The van der Waals surface area contributed by atoms with E-state index in [2.05, 4.69) is 29.2 Å². The van der Waals surface area contributed by atoms with E-state index >= 15 is 0 Å². The maximum atomic E-state index is 3.25. The highest BCUT2D eigenvalue weighted by atomic mass is 15.2. The summed E-state index contributed by atoms with van der Waals surface area (Å²) in [6, 6.07) is 2.47. The van der Waals surface area contributed by atoms with Gasteiger partial charge in [-0.05, 0) is 6.92 Å². The number of hydrogen-bond acceptors (Lipinski definition) is 2. The third-order valence-electron chi connectivity index (χ3n) is 0.260. The van der Waals surface area contributed by atoms with Crippen LogP contribution in [-0.2, 0) is 0 Å². The molecule has 0 unspecified atom stereocenters. The number of nitrogens with zero attached hydrogens (tertiary/aromatic N) is 1. The molecule has 0 aliphatic rings. The van der Waals surface area contributed by atoms with E-state index in [0.717, 1.165) is 0 Å². The van der Waals surface area contributed by atoms with Crippen molar-refractivity contribution in [2.45, 2.75) is 6.92 Å². The predicted octanol–water partition coefficient (Wildman–Crippen LogP) is 0.172. The normalized spacial score (nSPS) is 4.83. The molecule has 0 rings (SSSR count). The Kier molecular flexibility index (Phi) is 3.38. The SMILES string of the molecule is C=NNC#CC. The van der Waals surface area contributed by atoms with Crippen molar-refractivity contribution in [3.63, 3.8) is 0 Å². The van der Waals surface area contributed by atoms with Crippen molar-refractivity contribution in [2.75, 3.05) is 0 Å². The highest BCUT2D eigenvalue weighted by Gasteiger charge is 1.47. The first-order valence-corrected chi connectivity index (χ1v) is 1.54. The number of rotatable bonds is 1. The molecule has 0 atom stereocenters. The van der Waals surface area contributed by atoms with Gasteiger partial charge in [-0.25, -0.2) is 5.43 Å². The van der Waals surface area contributed by atoms with Crippen molar-refractivity contribution in [3.05, 3.63) is 0 Å². The zero-order chi connectivity index (χ0) is 4.83. The highest BCUT2D eigenvalue weighted by molar-refractivity contribution is 5.22. The van der Waals surface area contributed by atoms with E-state index in [1.54, 1.807) is 6.92 Å². The van der Waals surface area contributed by atoms with Crippen LogP contribution in [0.5, 0.6) is 0 Å². The van der Waals surface area contributed by atoms with Gasteiger partial charge < -0.3 is 0 Å². The second-order valence-corrected chi connectivity index (χ2v) is 0.645. The van der Waals surface area contributed by atoms with Crippen LogP contribution in [0, 0.1) is 12.0 Å². The lowest BCUT2D eigenvalue weighted by Gasteiger charge is -1.73. The van der Waals surface area contributed by atoms with Crippen LogP contribution in [0.2, 0.25) is 0 Å². The molecule has 0 aromatic carbocycles. The maximum Gasteiger partial charge on any atom is 0.0264 e. The summed E-state index contributed by atoms with van der Waals surface area (Å²) in [4.78, 5) is 0. The van der Waals surface area contributed by atoms with Crippen LogP contribution in [-0.4, -0.2) is 6.72 Å². The van der Waals surface area contributed by atoms with E-state index in [4.69, 9.17) is 0 Å². The van der Waals surface area contributed by atoms with E-state index in [1.807, 2.05) is 0 Å². The maximum absolute atomic E-state index is 3.25. The molecule has 0 amide bonds. The minimum absolute atomic E-state index is 1.72. The average molecular weight is 82.1 g/mol. The fourth-order valence-electron chi connectivity index (χ4n) is 0.0954. The Morgan fingerprint density at radius 2 is 2.50 bits per heavy atom. The minimum atomic E-state index is 1.72. The lowest BCUT2D eigenvalue weighted by Crippen LogP contribution is -1.88. The summed E-state index contributed by atoms with van der Waals surface area (Å²) >= 11 is 0. The largest absolute Gasteiger partial charge is 0.237 e. The van der Waals surface area contributed by atoms with E-state index in [9.17, 15) is 0 Å². The lowest BCUT2D eigenvalue weighted by atomic mass is 10.8. The molecular formula is C4H6N2. The van der Waals surface area contributed by atoms with Gasteiger partial charge in [0, 0.05) is 12.8 Å². The third kappa shape index (κ3) is 3.03. The Hall–Kier alpha value is -0.970. The highest BCUT2D eigenvalue weighted by Crippen LogP contribution is 1.43. The molecule has 2 nitrogen and oxygen atoms in total. The molecule has 2 heteroatoms. The van der Waals surface area contributed by atoms with Gasteiger partial charge in [-0.3, -0.25) is 0 Å². The number of hydrogen-bond donors (Lipinski definition) is 1. The fraction of sp³-hybridized carbons (Fsp3) is 0.250. The summed E-state index contributed by atoms with van der Waals surface area (Å²) in [5.41, 5.74) is 2.35. The molecule has 0 radical (unpaired) electrons. The Balaban J connectivity index is 3.00. The molecule has 0 aromatic heterocycles. The first kappa shape index (κ1) is 5.03. The Bertz CT molecular complexity index is 85.5. The zero-order valence-electron chi connectivity index (χ0n) is 3.65. The molecule has 1 N–H and O–H groups in total. The smallest absolute Gasteiger partial charge is 0.0264 e. The average Bonchev–Trinajstić information content (AvgIpc) is 1.61. The van der Waals surface area contributed by atoms with Crippen molar-refractivity contribution in [1.82, 2.24) is 5.43 Å². The summed E-state index contributed by atoms with van der Waals surface area (Å²) in [5, 5.41) is 3.25. The van der Waals surface area contributed by atoms with Crippen molar-refractivity contribution >= 4 is 6.72 Å². The van der Waals surface area contributed by atoms with Crippen molar-refractivity contribution in [1.29, 1.82) is 0 Å². The summed E-state index contributed by atoms with van der Waals surface area (Å²) in [6.45, 7) is 4.86. The van der Waals surface area contributed by atoms with Crippen LogP contribution in [0.25, 0.3) is 0 Å². The van der Waals surface area contributed by atoms with Crippen LogP contribution in [0.15, 0.2) is 5.10 Å². The molecule has 0 bridgehead atoms. The van der Waals surface area contributed by atoms with E-state index in [0.29, 0.717) is 0 Å². The first-order chi connectivity index (χ1) is 2.91. The molecule has 0 aliphatic carbocycles. The predicted molar refractivity (Wildman–Crippen MR) is 26.1 cm³/mol. The van der Waals surface area contributed by atoms with Gasteiger partial charge in [0.2, 0.25) is 0 Å². The minimum Gasteiger partial charge on any atom is -0.237 e. The Morgan fingerprint density at radius 1 is 1.83 bits per heavy atom. The van der Waals surface area contributed by atoms with Gasteiger partial charge in [0.1, 0.15) is 0 Å². The van der Waals surface area contributed by atoms with Crippen molar-refractivity contribution < 1.29 is 0 Å². The molecule has 0 fully saturated rings. The first-order valence-electron chi connectivity index (χ1n) is 1.54. The molecule has 0 spiro atoms. The van der Waals surface area contributed by atoms with E-state index in [-0.39, 0.29) is 0 Å². The van der Waals surface area contributed by atoms with Gasteiger partial charge in [-0.2, -0.15) is 5.10 Å². The third-order valence-corrected chi connectivity index (χ3v) is 0.260. The topological polar surface area (TPSA) is 24.4 Å². The van der Waals surface area contributed by atoms with Crippen molar-refractivity contribution in [2.24, 2.45) is 5.10 Å². The standard InChI is InChI=1S/C4H6N2/c1-3-4-6-5-2/h6H,2H2,1H3. The quantitative estimate of drug-likeness (QED) is 0.207. The van der Waals surface area contributed by atoms with Gasteiger partial charge in [0.25, 0.3) is 0 Å². The summed E-state index contributed by atoms with van der Waals surface area (Å²) in [5.74, 6) is 2.57. The van der Waals surface area contributed by atoms with Gasteiger partial charge in [0.05, 0.1) is 0 Å². The molecule has 0 saturated carbocycles. The van der Waals surface area contributed by atoms with Gasteiger partial charge in [-0.15, -0.1) is 0 Å². The number of hydrazone groups is 1. The van der Waals surface area contributed by atoms with Gasteiger partial charge in [0.15, 0.2) is 0 Å². The molecule has 0 saturated heterocycles. The van der Waals surface area contributed by atoms with E-state index < -0.39 is 0 Å². The molecular weight excluding hydrogens is 76.1 g/mol. The second-order valence-electron chi connectivity index (χ2n) is 0.645. The molecule has 32 valence electrons. The van der Waals surface area contributed by atoms with Crippen LogP contribution in [0.4, 0.5) is 0 Å². The van der Waals surface area contributed by atoms with E-state index in [1.165, 1.54) is 0 Å². The monoisotopic (exact) mass is 82.1 g/mol. The van der Waals surface area contributed by atoms with Crippen LogP contribution in [0.3, 0.4) is 0 Å². The summed E-state index contributed by atoms with van der Waals surface area (Å²) in [6.07, 6.45) is 0. The Labute approximate surface area is 37.2 Å². The lowest BCUT2D eigenvalue weighted by molar-refractivity contribution is 1.02. The fourth-order valence-corrected chi connectivity index (χ4v) is 0.0954. The Morgan fingerprint density at radius 3 is 2.67 bits per heavy atom. The van der Waals surface area contributed by atoms with Gasteiger partial charge >= 0.3 is 0 Å². The summed E-state index contributed by atoms with van der Waals surface area (Å²) in [7, 11) is 0. The van der Waals surface area contributed by atoms with Crippen LogP contribution >= 0.6 is 0 Å². The molecule has 0 aliphatic heterocycles. The molecule has 6 heavy (non-hydrogen) atoms. The van der Waals surface area contributed by atoms with Crippen LogP contribution in [0.1, 0.15) is 6.92 Å². The van der Waals surface area contributed by atoms with Crippen molar-refractivity contribution in [3.8, 4) is 12.0 Å². The second kappa shape index (κ2) is 4.03. The van der Waals surface area contributed by atoms with Gasteiger partial charge in [-0.1, -0.05) is 5.92 Å². The molecule has 0 heterocycles. The van der Waals surface area contributed by atoms with Crippen LogP contribution < -0.4 is 5.43 Å². The number of nitrogens with one attached hydrogen (secondary N) is 1. The molecule has 0 aromatic rings.